The van der Waals surface area contributed by atoms with Crippen LogP contribution in [-0.2, 0) is 0 Å². The van der Waals surface area contributed by atoms with Crippen molar-refractivity contribution in [2.75, 3.05) is 6.61 Å². The summed E-state index contributed by atoms with van der Waals surface area (Å²) >= 11 is 0. The van der Waals surface area contributed by atoms with Crippen LogP contribution < -0.4 is 10.1 Å². The Bertz CT molecular complexity index is 390. The molecule has 1 fully saturated rings. The van der Waals surface area contributed by atoms with E-state index in [9.17, 15) is 0 Å². The van der Waals surface area contributed by atoms with Gasteiger partial charge in [-0.2, -0.15) is 0 Å². The molecule has 0 spiro atoms. The molecule has 2 rings (SSSR count). The topological polar surface area (TPSA) is 21.3 Å². The van der Waals surface area contributed by atoms with Crippen molar-refractivity contribution in [3.63, 3.8) is 0 Å². The van der Waals surface area contributed by atoms with Crippen LogP contribution in [0.3, 0.4) is 0 Å². The summed E-state index contributed by atoms with van der Waals surface area (Å²) in [5, 5.41) is 3.81. The molecule has 0 aliphatic heterocycles. The van der Waals surface area contributed by atoms with Gasteiger partial charge in [0.1, 0.15) is 5.75 Å². The lowest BCUT2D eigenvalue weighted by Crippen LogP contribution is -2.37. The summed E-state index contributed by atoms with van der Waals surface area (Å²) in [7, 11) is 0. The highest BCUT2D eigenvalue weighted by atomic mass is 16.5. The molecule has 3 atom stereocenters. The van der Waals surface area contributed by atoms with Gasteiger partial charge >= 0.3 is 0 Å². The van der Waals surface area contributed by atoms with Crippen LogP contribution in [0.2, 0.25) is 0 Å². The molecule has 1 aromatic rings. The van der Waals surface area contributed by atoms with Crippen molar-refractivity contribution in [1.82, 2.24) is 5.32 Å². The van der Waals surface area contributed by atoms with Crippen LogP contribution in [0.1, 0.15) is 58.6 Å². The summed E-state index contributed by atoms with van der Waals surface area (Å²) in [5.74, 6) is 2.66. The average Bonchev–Trinajstić information content (AvgIpc) is 2.38. The van der Waals surface area contributed by atoms with Crippen molar-refractivity contribution in [2.24, 2.45) is 11.8 Å². The molecule has 0 bridgehead atoms. The van der Waals surface area contributed by atoms with E-state index in [4.69, 9.17) is 4.74 Å². The van der Waals surface area contributed by atoms with Crippen molar-refractivity contribution >= 4 is 0 Å². The SMILES string of the molecule is CCOc1ccc(C(C)NC2CC(C)CC(C)C2)cc1. The fraction of sp³-hybridized carbons (Fsp3) is 0.667. The smallest absolute Gasteiger partial charge is 0.119 e. The predicted octanol–water partition coefficient (Wildman–Crippen LogP) is 4.56. The van der Waals surface area contributed by atoms with E-state index in [0.717, 1.165) is 24.2 Å². The first-order valence-corrected chi connectivity index (χ1v) is 8.07. The Morgan fingerprint density at radius 1 is 1.10 bits per heavy atom. The normalized spacial score (nSPS) is 28.1. The highest BCUT2D eigenvalue weighted by Gasteiger charge is 2.24. The molecule has 0 radical (unpaired) electrons. The molecule has 2 nitrogen and oxygen atoms in total. The number of rotatable bonds is 5. The highest BCUT2D eigenvalue weighted by molar-refractivity contribution is 5.29. The molecule has 0 amide bonds. The molecule has 1 aliphatic rings. The standard InChI is InChI=1S/C18H29NO/c1-5-20-18-8-6-16(7-9-18)15(4)19-17-11-13(2)10-14(3)12-17/h6-9,13-15,17,19H,5,10-12H2,1-4H3. The maximum Gasteiger partial charge on any atom is 0.119 e. The van der Waals surface area contributed by atoms with Crippen molar-refractivity contribution in [3.8, 4) is 5.75 Å². The van der Waals surface area contributed by atoms with Gasteiger partial charge < -0.3 is 10.1 Å². The van der Waals surface area contributed by atoms with Crippen molar-refractivity contribution in [2.45, 2.75) is 59.0 Å². The van der Waals surface area contributed by atoms with Crippen molar-refractivity contribution < 1.29 is 4.74 Å². The molecule has 1 aromatic carbocycles. The zero-order valence-corrected chi connectivity index (χ0v) is 13.4. The minimum atomic E-state index is 0.410. The number of nitrogens with one attached hydrogen (secondary N) is 1. The molecule has 2 heteroatoms. The van der Waals surface area contributed by atoms with Gasteiger partial charge in [-0.15, -0.1) is 0 Å². The van der Waals surface area contributed by atoms with Crippen LogP contribution in [0.25, 0.3) is 0 Å². The van der Waals surface area contributed by atoms with Gasteiger partial charge in [0, 0.05) is 12.1 Å². The number of benzene rings is 1. The Kier molecular flexibility index (Phi) is 5.47. The first-order valence-electron chi connectivity index (χ1n) is 8.07. The molecule has 0 heterocycles. The van der Waals surface area contributed by atoms with Crippen LogP contribution in [0, 0.1) is 11.8 Å². The van der Waals surface area contributed by atoms with Gasteiger partial charge in [-0.25, -0.2) is 0 Å². The Labute approximate surface area is 123 Å². The van der Waals surface area contributed by atoms with Gasteiger partial charge in [0.25, 0.3) is 0 Å². The van der Waals surface area contributed by atoms with Crippen molar-refractivity contribution in [3.05, 3.63) is 29.8 Å². The summed E-state index contributed by atoms with van der Waals surface area (Å²) in [6.07, 6.45) is 4.01. The lowest BCUT2D eigenvalue weighted by Gasteiger charge is -2.34. The summed E-state index contributed by atoms with van der Waals surface area (Å²) < 4.78 is 5.50. The Hall–Kier alpha value is -1.02. The monoisotopic (exact) mass is 275 g/mol. The second-order valence-corrected chi connectivity index (χ2v) is 6.50. The Morgan fingerprint density at radius 2 is 1.70 bits per heavy atom. The third kappa shape index (κ3) is 4.24. The van der Waals surface area contributed by atoms with Crippen LogP contribution in [0.4, 0.5) is 0 Å². The van der Waals surface area contributed by atoms with Crippen LogP contribution in [0.15, 0.2) is 24.3 Å². The summed E-state index contributed by atoms with van der Waals surface area (Å²) in [5.41, 5.74) is 1.35. The van der Waals surface area contributed by atoms with E-state index >= 15 is 0 Å². The van der Waals surface area contributed by atoms with E-state index in [2.05, 4.69) is 50.4 Å². The van der Waals surface area contributed by atoms with E-state index < -0.39 is 0 Å². The second kappa shape index (κ2) is 7.12. The molecule has 1 aliphatic carbocycles. The summed E-state index contributed by atoms with van der Waals surface area (Å²) in [6.45, 7) is 9.77. The van der Waals surface area contributed by atoms with E-state index in [1.165, 1.54) is 24.8 Å². The fourth-order valence-electron chi connectivity index (χ4n) is 3.55. The lowest BCUT2D eigenvalue weighted by molar-refractivity contribution is 0.228. The second-order valence-electron chi connectivity index (χ2n) is 6.50. The molecule has 0 saturated heterocycles. The Balaban J connectivity index is 1.92. The Morgan fingerprint density at radius 3 is 2.25 bits per heavy atom. The first-order chi connectivity index (χ1) is 9.58. The molecule has 1 N–H and O–H groups in total. The van der Waals surface area contributed by atoms with E-state index in [1.54, 1.807) is 0 Å². The quantitative estimate of drug-likeness (QED) is 0.850. The molecular weight excluding hydrogens is 246 g/mol. The largest absolute Gasteiger partial charge is 0.494 e. The molecule has 20 heavy (non-hydrogen) atoms. The zero-order chi connectivity index (χ0) is 14.5. The van der Waals surface area contributed by atoms with Crippen LogP contribution >= 0.6 is 0 Å². The number of hydrogen-bond donors (Lipinski definition) is 1. The van der Waals surface area contributed by atoms with Crippen molar-refractivity contribution in [1.29, 1.82) is 0 Å². The molecule has 112 valence electrons. The van der Waals surface area contributed by atoms with Crippen LogP contribution in [-0.4, -0.2) is 12.6 Å². The van der Waals surface area contributed by atoms with Gasteiger partial charge in [0.05, 0.1) is 6.61 Å². The molecule has 0 aromatic heterocycles. The van der Waals surface area contributed by atoms with Gasteiger partial charge in [0.15, 0.2) is 0 Å². The van der Waals surface area contributed by atoms with Crippen LogP contribution in [0.5, 0.6) is 5.75 Å². The van der Waals surface area contributed by atoms with Gasteiger partial charge in [-0.1, -0.05) is 26.0 Å². The van der Waals surface area contributed by atoms with Gasteiger partial charge in [-0.05, 0) is 62.6 Å². The highest BCUT2D eigenvalue weighted by Crippen LogP contribution is 2.30. The van der Waals surface area contributed by atoms with E-state index in [-0.39, 0.29) is 0 Å². The maximum absolute atomic E-state index is 5.50. The van der Waals surface area contributed by atoms with E-state index in [0.29, 0.717) is 12.1 Å². The lowest BCUT2D eigenvalue weighted by atomic mass is 9.80. The van der Waals surface area contributed by atoms with Gasteiger partial charge in [-0.3, -0.25) is 0 Å². The fourth-order valence-corrected chi connectivity index (χ4v) is 3.55. The third-order valence-electron chi connectivity index (χ3n) is 4.36. The first kappa shape index (κ1) is 15.4. The molecular formula is C18H29NO. The summed E-state index contributed by atoms with van der Waals surface area (Å²) in [4.78, 5) is 0. The molecule has 1 saturated carbocycles. The third-order valence-corrected chi connectivity index (χ3v) is 4.36. The predicted molar refractivity (Wildman–Crippen MR) is 85.1 cm³/mol. The summed E-state index contributed by atoms with van der Waals surface area (Å²) in [6, 6.07) is 9.58. The van der Waals surface area contributed by atoms with E-state index in [1.807, 2.05) is 6.92 Å². The minimum absolute atomic E-state index is 0.410. The molecule has 3 unspecified atom stereocenters. The average molecular weight is 275 g/mol. The number of hydrogen-bond acceptors (Lipinski definition) is 2. The minimum Gasteiger partial charge on any atom is -0.494 e. The maximum atomic E-state index is 5.50. The van der Waals surface area contributed by atoms with Gasteiger partial charge in [0.2, 0.25) is 0 Å². The number of ether oxygens (including phenoxy) is 1. The zero-order valence-electron chi connectivity index (χ0n) is 13.4.